The molecule has 12 nitrogen and oxygen atoms in total. The predicted molar refractivity (Wildman–Crippen MR) is 522 cm³/mol. The number of methoxy groups -OCH3 is 3. The molecule has 13 aromatic rings. The minimum Gasteiger partial charge on any atom is -0.355 e. The van der Waals surface area contributed by atoms with Crippen molar-refractivity contribution < 1.29 is 46.5 Å². The molecule has 0 bridgehead atoms. The summed E-state index contributed by atoms with van der Waals surface area (Å²) in [6.45, 7) is 43.8. The number of rotatable bonds is 11. The molecule has 1 atom stereocenters. The standard InChI is InChI=1S/C18H15NO2.C17H15NO2.2C14H11N.C8H6.C7H9N.C6H12O3.10C2H6.Cu.HI/c1-21-17(20)12-11-15-14-9-5-6-10-16(14)19-18(15)13-7-3-2-4-8-13;19-16(20)11-10-14-13-8-4-5-9-15(13)18-17(14)12-6-2-1-3-7-12;1-2-6-11(7-3-1)14-10-12-8-4-5-9-13(12)15-14;15-14-9-5-4-8-13(14)11-10-12-6-2-1-3-7-12;1-2-8-6-4-3-5-7-8;1-6-4-2-3-5-7(6)8;1-5(8-2)4-6(7)9-3;10*1-2;;/h2-12,19H,1H3;1-9,18H,10-11H2,(H,19,20);1-10,15H;1-9H,15H2;1,3-7H;2-5H,8H2,1H3;5H,4H2,1-3H3;10*1-2H3;;1H/q;;;;;;;;;;;;;;;;;+1;/p-1/b12-11+;;;;;;;;;;;;;;;;;;. The third-order valence-electron chi connectivity index (χ3n) is 14.8. The molecule has 118 heavy (non-hydrogen) atoms. The molecular weight excluding hydrogens is 1620 g/mol. The van der Waals surface area contributed by atoms with E-state index in [9.17, 15) is 14.4 Å². The fraction of sp³-hybridized carbons (Fsp3) is 0.279. The number of H-pyrrole nitrogens is 3. The van der Waals surface area contributed by atoms with Crippen molar-refractivity contribution in [1.29, 1.82) is 0 Å². The molecule has 0 amide bonds. The van der Waals surface area contributed by atoms with Gasteiger partial charge in [0.2, 0.25) is 0 Å². The Hall–Kier alpha value is -11.1. The third-order valence-corrected chi connectivity index (χ3v) is 14.8. The number of aryl methyl sites for hydroxylation is 2. The molecule has 0 saturated carbocycles. The van der Waals surface area contributed by atoms with Crippen LogP contribution in [0.1, 0.15) is 192 Å². The number of aromatic amines is 3. The van der Waals surface area contributed by atoms with E-state index in [1.165, 1.54) is 42.5 Å². The molecule has 0 aliphatic rings. The van der Waals surface area contributed by atoms with Crippen molar-refractivity contribution in [3.05, 3.63) is 319 Å². The monoisotopic (exact) mass is 1760 g/mol. The number of carbonyl (C=O) groups is 3. The van der Waals surface area contributed by atoms with E-state index in [2.05, 4.69) is 103 Å². The van der Waals surface area contributed by atoms with Crippen LogP contribution in [-0.4, -0.2) is 65.4 Å². The zero-order chi connectivity index (χ0) is 90.3. The average Bonchev–Trinajstić information content (AvgIpc) is 1.65. The van der Waals surface area contributed by atoms with Gasteiger partial charge >= 0.3 is 51.0 Å². The van der Waals surface area contributed by atoms with Gasteiger partial charge < -0.3 is 45.7 Å². The molecule has 0 aliphatic carbocycles. The van der Waals surface area contributed by atoms with Crippen LogP contribution in [0.15, 0.2) is 285 Å². The molecule has 3 heterocycles. The van der Waals surface area contributed by atoms with E-state index in [1.807, 2.05) is 383 Å². The number of aliphatic carboxylic acids is 1. The van der Waals surface area contributed by atoms with Crippen molar-refractivity contribution in [1.82, 2.24) is 15.0 Å². The number of carbonyl (C=O) groups excluding carboxylic acids is 2. The number of nitrogens with one attached hydrogen (secondary N) is 3. The zero-order valence-corrected chi connectivity index (χ0v) is 78.3. The van der Waals surface area contributed by atoms with E-state index < -0.39 is 5.97 Å². The molecule has 0 spiro atoms. The number of terminal acetylenes is 1. The smallest absolute Gasteiger partial charge is 0.0464 e. The minimum absolute atomic E-state index is 0.0440. The van der Waals surface area contributed by atoms with Gasteiger partial charge in [0.05, 0.1) is 32.4 Å². The van der Waals surface area contributed by atoms with Crippen molar-refractivity contribution in [3.63, 3.8) is 0 Å². The number of carboxylic acid groups (broad SMARTS) is 1. The van der Waals surface area contributed by atoms with Crippen LogP contribution in [0.3, 0.4) is 0 Å². The Morgan fingerprint density at radius 2 is 0.847 bits per heavy atom. The fourth-order valence-electron chi connectivity index (χ4n) is 9.57. The number of halogens is 1. The van der Waals surface area contributed by atoms with E-state index >= 15 is 0 Å². The van der Waals surface area contributed by atoms with Crippen molar-refractivity contribution >= 4 is 88.4 Å². The Balaban J connectivity index is -0.000000413. The van der Waals surface area contributed by atoms with Gasteiger partial charge in [0.25, 0.3) is 0 Å². The van der Waals surface area contributed by atoms with Crippen molar-refractivity contribution in [3.8, 4) is 58.0 Å². The number of ether oxygens (including phenoxy) is 3. The number of benzene rings is 10. The zero-order valence-electron chi connectivity index (χ0n) is 75.2. The number of nitrogens with two attached hydrogens (primary N) is 2. The largest absolute Gasteiger partial charge is 0.355 e. The van der Waals surface area contributed by atoms with Gasteiger partial charge in [-0.15, -0.1) is 6.42 Å². The van der Waals surface area contributed by atoms with Gasteiger partial charge in [0, 0.05) is 97.3 Å². The summed E-state index contributed by atoms with van der Waals surface area (Å²) in [4.78, 5) is 43.0. The third kappa shape index (κ3) is 47.2. The van der Waals surface area contributed by atoms with Crippen LogP contribution in [0.5, 0.6) is 0 Å². The summed E-state index contributed by atoms with van der Waals surface area (Å²) in [5.74, 6) is 7.29. The van der Waals surface area contributed by atoms with Crippen LogP contribution in [-0.2, 0) is 47.8 Å². The molecule has 13 rings (SSSR count). The van der Waals surface area contributed by atoms with Crippen LogP contribution in [0, 0.1) is 31.1 Å². The van der Waals surface area contributed by atoms with Crippen LogP contribution in [0.4, 0.5) is 11.4 Å². The van der Waals surface area contributed by atoms with Crippen LogP contribution in [0.25, 0.3) is 72.6 Å². The van der Waals surface area contributed by atoms with Crippen molar-refractivity contribution in [2.75, 3.05) is 32.8 Å². The first kappa shape index (κ1) is 115. The van der Waals surface area contributed by atoms with Gasteiger partial charge in [-0.1, -0.05) is 369 Å². The number of carboxylic acids is 1. The SMILES string of the molecule is C#Cc1ccccc1.CC.CC.CC.CC.CC.CC.CC.CC.CC.CC.COC(=O)/C=C/c1c(-c2ccccc2)[nH]c2ccccc12.COC(=O)CC(C)OC.Cc1ccccc1N.Nc1ccccc1C#Cc1ccccc1.O=C(O)CCc1c(-c2ccccc2)[nH]c2ccccc12.[Cu][I].c1ccc(-c2cc3ccccc3[nH]2)cc1. The normalized spacial score (nSPS) is 9.01. The summed E-state index contributed by atoms with van der Waals surface area (Å²) in [6, 6.07) is 91.9. The number of hydrogen-bond donors (Lipinski definition) is 6. The van der Waals surface area contributed by atoms with Crippen LogP contribution >= 0.6 is 20.3 Å². The molecule has 640 valence electrons. The van der Waals surface area contributed by atoms with E-state index in [1.54, 1.807) is 33.5 Å². The van der Waals surface area contributed by atoms with Gasteiger partial charge in [-0.25, -0.2) is 4.79 Å². The molecule has 0 aliphatic heterocycles. The fourth-order valence-corrected chi connectivity index (χ4v) is 9.57. The molecule has 3 aromatic heterocycles. The Kier molecular flexibility index (Phi) is 78.0. The quantitative estimate of drug-likeness (QED) is 0.0182. The summed E-state index contributed by atoms with van der Waals surface area (Å²) in [6.07, 6.45) is 9.30. The Bertz CT molecular complexity index is 4620. The van der Waals surface area contributed by atoms with E-state index in [4.69, 9.17) is 27.7 Å². The second-order valence-electron chi connectivity index (χ2n) is 21.5. The van der Waals surface area contributed by atoms with Crippen LogP contribution in [0.2, 0.25) is 0 Å². The number of aromatic nitrogens is 3. The molecule has 0 saturated heterocycles. The first-order valence-electron chi connectivity index (χ1n) is 41.2. The first-order chi connectivity index (χ1) is 57.8. The molecule has 10 aromatic carbocycles. The molecule has 14 heteroatoms. The van der Waals surface area contributed by atoms with E-state index in [-0.39, 0.29) is 24.5 Å². The van der Waals surface area contributed by atoms with E-state index in [0.717, 1.165) is 89.1 Å². The van der Waals surface area contributed by atoms with Crippen LogP contribution < -0.4 is 11.5 Å². The average molecular weight is 1760 g/mol. The summed E-state index contributed by atoms with van der Waals surface area (Å²) >= 11 is 5.87. The topological polar surface area (TPSA) is 199 Å². The number of nitrogen functional groups attached to an aromatic ring is 2. The Morgan fingerprint density at radius 1 is 0.458 bits per heavy atom. The second kappa shape index (κ2) is 79.7. The molecule has 1 unspecified atom stereocenters. The molecule has 0 radical (unpaired) electrons. The maximum absolute atomic E-state index is 11.4. The van der Waals surface area contributed by atoms with Crippen molar-refractivity contribution in [2.24, 2.45) is 0 Å². The number of hydrogen-bond acceptors (Lipinski definition) is 8. The number of anilines is 2. The number of para-hydroxylation sites is 5. The maximum atomic E-state index is 11.4. The summed E-state index contributed by atoms with van der Waals surface area (Å²) in [5, 5.41) is 12.4. The second-order valence-corrected chi connectivity index (χ2v) is 21.5. The summed E-state index contributed by atoms with van der Waals surface area (Å²) in [5.41, 5.74) is 28.8. The van der Waals surface area contributed by atoms with Crippen molar-refractivity contribution in [2.45, 2.75) is 178 Å². The van der Waals surface area contributed by atoms with Gasteiger partial charge in [-0.3, -0.25) is 9.59 Å². The molecular formula is C104H139CuIN5O7. The number of esters is 2. The van der Waals surface area contributed by atoms with Gasteiger partial charge in [0.15, 0.2) is 0 Å². The van der Waals surface area contributed by atoms with Gasteiger partial charge in [-0.2, -0.15) is 0 Å². The Morgan fingerprint density at radius 3 is 1.27 bits per heavy atom. The minimum atomic E-state index is -0.769. The predicted octanol–water partition coefficient (Wildman–Crippen LogP) is 29.4. The maximum Gasteiger partial charge on any atom is 0.0464 e. The first-order valence-corrected chi connectivity index (χ1v) is 44.2. The number of fused-ring (bicyclic) bond motifs is 3. The summed E-state index contributed by atoms with van der Waals surface area (Å²) < 4.78 is 13.9. The van der Waals surface area contributed by atoms with Gasteiger partial charge in [0.1, 0.15) is 0 Å². The molecule has 8 N–H and O–H groups in total. The van der Waals surface area contributed by atoms with E-state index in [0.29, 0.717) is 12.8 Å². The Labute approximate surface area is 731 Å². The van der Waals surface area contributed by atoms with Gasteiger partial charge in [-0.05, 0) is 121 Å². The summed E-state index contributed by atoms with van der Waals surface area (Å²) in [7, 11) is 4.30. The molecule has 0 fully saturated rings.